The van der Waals surface area contributed by atoms with Crippen LogP contribution >= 0.6 is 23.2 Å². The second-order valence-electron chi connectivity index (χ2n) is 6.15. The van der Waals surface area contributed by atoms with Crippen molar-refractivity contribution in [2.24, 2.45) is 0 Å². The van der Waals surface area contributed by atoms with Gasteiger partial charge < -0.3 is 20.3 Å². The van der Waals surface area contributed by atoms with Gasteiger partial charge in [0.15, 0.2) is 5.82 Å². The maximum Gasteiger partial charge on any atom is 0.249 e. The first-order valence-electron chi connectivity index (χ1n) is 8.11. The fraction of sp³-hybridized carbons (Fsp3) is 0.375. The Bertz CT molecular complexity index is 865. The van der Waals surface area contributed by atoms with Gasteiger partial charge in [0.1, 0.15) is 12.3 Å². The first-order chi connectivity index (χ1) is 12.5. The third kappa shape index (κ3) is 3.04. The number of fused-ring (bicyclic) bond motifs is 1. The van der Waals surface area contributed by atoms with Crippen LogP contribution < -0.4 is 10.6 Å². The second-order valence-corrected chi connectivity index (χ2v) is 6.93. The lowest BCUT2D eigenvalue weighted by Crippen LogP contribution is -2.60. The van der Waals surface area contributed by atoms with Gasteiger partial charge in [0.25, 0.3) is 0 Å². The molecule has 8 nitrogen and oxygen atoms in total. The highest BCUT2D eigenvalue weighted by molar-refractivity contribution is 6.43. The van der Waals surface area contributed by atoms with Crippen molar-refractivity contribution in [3.63, 3.8) is 0 Å². The van der Waals surface area contributed by atoms with Crippen LogP contribution in [0.1, 0.15) is 0 Å². The zero-order chi connectivity index (χ0) is 18.3. The maximum absolute atomic E-state index is 11.9. The first kappa shape index (κ1) is 17.3. The van der Waals surface area contributed by atoms with Crippen LogP contribution in [0.4, 0.5) is 11.8 Å². The van der Waals surface area contributed by atoms with Crippen LogP contribution in [-0.4, -0.2) is 64.9 Å². The van der Waals surface area contributed by atoms with Crippen LogP contribution in [-0.2, 0) is 9.53 Å². The third-order valence-electron chi connectivity index (χ3n) is 4.53. The number of carbonyl (C=O) groups is 1. The summed E-state index contributed by atoms with van der Waals surface area (Å²) in [6.07, 6.45) is 0. The summed E-state index contributed by atoms with van der Waals surface area (Å²) in [7, 11) is 0. The van der Waals surface area contributed by atoms with Gasteiger partial charge in [-0.15, -0.1) is 10.2 Å². The van der Waals surface area contributed by atoms with Gasteiger partial charge in [-0.1, -0.05) is 35.3 Å². The molecule has 0 aliphatic carbocycles. The Hall–Kier alpha value is -2.16. The van der Waals surface area contributed by atoms with Crippen LogP contribution in [0.15, 0.2) is 18.2 Å². The molecule has 0 spiro atoms. The van der Waals surface area contributed by atoms with E-state index in [0.717, 1.165) is 0 Å². The molecule has 2 saturated heterocycles. The van der Waals surface area contributed by atoms with Gasteiger partial charge in [0, 0.05) is 25.2 Å². The molecule has 1 atom stereocenters. The van der Waals surface area contributed by atoms with E-state index in [1.54, 1.807) is 18.2 Å². The number of piperazine rings is 1. The molecule has 2 aromatic rings. The molecule has 4 rings (SSSR count). The minimum absolute atomic E-state index is 0.0168. The Morgan fingerprint density at radius 2 is 2.08 bits per heavy atom. The van der Waals surface area contributed by atoms with Crippen molar-refractivity contribution >= 4 is 40.9 Å². The van der Waals surface area contributed by atoms with Crippen LogP contribution in [0.5, 0.6) is 0 Å². The molecule has 1 aromatic carbocycles. The van der Waals surface area contributed by atoms with Crippen LogP contribution in [0.25, 0.3) is 11.3 Å². The van der Waals surface area contributed by atoms with Crippen LogP contribution in [0.2, 0.25) is 10.0 Å². The van der Waals surface area contributed by atoms with Gasteiger partial charge in [-0.25, -0.2) is 0 Å². The number of nitrogens with zero attached hydrogens (tertiary/aromatic N) is 5. The maximum atomic E-state index is 11.9. The minimum Gasteiger partial charge on any atom is -0.382 e. The summed E-state index contributed by atoms with van der Waals surface area (Å²) in [5.74, 6) is 0.657. The van der Waals surface area contributed by atoms with Gasteiger partial charge in [-0.3, -0.25) is 4.79 Å². The van der Waals surface area contributed by atoms with Gasteiger partial charge >= 0.3 is 0 Å². The SMILES string of the molecule is Nc1nc(N2CCN3C(=O)COCC3C2)nnc1-c1cccc(Cl)c1Cl. The predicted molar refractivity (Wildman–Crippen MR) is 98.2 cm³/mol. The predicted octanol–water partition coefficient (Wildman–Crippen LogP) is 1.48. The zero-order valence-corrected chi connectivity index (χ0v) is 15.2. The average molecular weight is 395 g/mol. The molecule has 2 fully saturated rings. The Morgan fingerprint density at radius 1 is 1.23 bits per heavy atom. The molecule has 1 aromatic heterocycles. The van der Waals surface area contributed by atoms with Crippen molar-refractivity contribution in [1.82, 2.24) is 20.1 Å². The van der Waals surface area contributed by atoms with Crippen molar-refractivity contribution in [2.45, 2.75) is 6.04 Å². The number of ether oxygens (including phenoxy) is 1. The molecule has 26 heavy (non-hydrogen) atoms. The van der Waals surface area contributed by atoms with Crippen molar-refractivity contribution in [1.29, 1.82) is 0 Å². The quantitative estimate of drug-likeness (QED) is 0.823. The molecule has 2 N–H and O–H groups in total. The van der Waals surface area contributed by atoms with E-state index < -0.39 is 0 Å². The number of anilines is 2. The highest BCUT2D eigenvalue weighted by Gasteiger charge is 2.34. The third-order valence-corrected chi connectivity index (χ3v) is 5.35. The van der Waals surface area contributed by atoms with E-state index in [2.05, 4.69) is 15.2 Å². The van der Waals surface area contributed by atoms with E-state index in [9.17, 15) is 4.79 Å². The van der Waals surface area contributed by atoms with Crippen LogP contribution in [0.3, 0.4) is 0 Å². The molecular formula is C16H16Cl2N6O2. The Balaban J connectivity index is 1.59. The van der Waals surface area contributed by atoms with E-state index in [0.29, 0.717) is 53.5 Å². The number of aromatic nitrogens is 3. The molecule has 10 heteroatoms. The zero-order valence-electron chi connectivity index (χ0n) is 13.7. The van der Waals surface area contributed by atoms with E-state index in [1.807, 2.05) is 9.80 Å². The highest BCUT2D eigenvalue weighted by Crippen LogP contribution is 2.34. The lowest BCUT2D eigenvalue weighted by atomic mass is 10.1. The molecule has 3 heterocycles. The first-order valence-corrected chi connectivity index (χ1v) is 8.87. The number of benzene rings is 1. The molecule has 0 radical (unpaired) electrons. The summed E-state index contributed by atoms with van der Waals surface area (Å²) in [5, 5.41) is 9.18. The minimum atomic E-state index is -0.0168. The van der Waals surface area contributed by atoms with Crippen molar-refractivity contribution in [3.8, 4) is 11.3 Å². The van der Waals surface area contributed by atoms with Gasteiger partial charge in [-0.2, -0.15) is 4.98 Å². The largest absolute Gasteiger partial charge is 0.382 e. The standard InChI is InChI=1S/C16H16Cl2N6O2/c17-11-3-1-2-10(13(11)18)14-15(19)20-16(22-21-14)23-4-5-24-9(6-23)7-26-8-12(24)25/h1-3,9H,4-8H2,(H2,19,20,22). The number of amides is 1. The number of halogens is 2. The summed E-state index contributed by atoms with van der Waals surface area (Å²) in [6.45, 7) is 2.43. The van der Waals surface area contributed by atoms with E-state index >= 15 is 0 Å². The molecule has 0 bridgehead atoms. The molecular weight excluding hydrogens is 379 g/mol. The fourth-order valence-electron chi connectivity index (χ4n) is 3.21. The molecule has 1 amide bonds. The van der Waals surface area contributed by atoms with Gasteiger partial charge in [-0.05, 0) is 6.07 Å². The van der Waals surface area contributed by atoms with Crippen molar-refractivity contribution < 1.29 is 9.53 Å². The number of hydrogen-bond acceptors (Lipinski definition) is 7. The van der Waals surface area contributed by atoms with E-state index in [4.69, 9.17) is 33.7 Å². The Kier molecular flexibility index (Phi) is 4.56. The normalized spacial score (nSPS) is 20.2. The van der Waals surface area contributed by atoms with E-state index in [-0.39, 0.29) is 24.4 Å². The number of carbonyl (C=O) groups excluding carboxylic acids is 1. The van der Waals surface area contributed by atoms with E-state index in [1.165, 1.54) is 0 Å². The highest BCUT2D eigenvalue weighted by atomic mass is 35.5. The monoisotopic (exact) mass is 394 g/mol. The van der Waals surface area contributed by atoms with Gasteiger partial charge in [0.05, 0.1) is 22.7 Å². The summed E-state index contributed by atoms with van der Waals surface area (Å²) in [5.41, 5.74) is 7.07. The van der Waals surface area contributed by atoms with Crippen molar-refractivity contribution in [3.05, 3.63) is 28.2 Å². The Morgan fingerprint density at radius 3 is 2.88 bits per heavy atom. The molecule has 0 saturated carbocycles. The smallest absolute Gasteiger partial charge is 0.249 e. The number of nitrogens with two attached hydrogens (primary N) is 1. The second kappa shape index (κ2) is 6.86. The number of hydrogen-bond donors (Lipinski definition) is 1. The van der Waals surface area contributed by atoms with Gasteiger partial charge in [0.2, 0.25) is 11.9 Å². The molecule has 1 unspecified atom stereocenters. The summed E-state index contributed by atoms with van der Waals surface area (Å²) in [4.78, 5) is 20.1. The number of morpholine rings is 1. The van der Waals surface area contributed by atoms with Crippen molar-refractivity contribution in [2.75, 3.05) is 43.5 Å². The molecule has 2 aliphatic rings. The fourth-order valence-corrected chi connectivity index (χ4v) is 3.60. The van der Waals surface area contributed by atoms with Crippen LogP contribution in [0, 0.1) is 0 Å². The topological polar surface area (TPSA) is 97.5 Å². The number of nitrogen functional groups attached to an aromatic ring is 1. The molecule has 2 aliphatic heterocycles. The lowest BCUT2D eigenvalue weighted by Gasteiger charge is -2.43. The molecule has 136 valence electrons. The lowest BCUT2D eigenvalue weighted by molar-refractivity contribution is -0.148. The summed E-state index contributed by atoms with van der Waals surface area (Å²) in [6, 6.07) is 5.19. The Labute approximate surface area is 159 Å². The summed E-state index contributed by atoms with van der Waals surface area (Å²) >= 11 is 12.3. The average Bonchev–Trinajstić information content (AvgIpc) is 2.64. The number of rotatable bonds is 2. The summed E-state index contributed by atoms with van der Waals surface area (Å²) < 4.78 is 5.33.